The van der Waals surface area contributed by atoms with Crippen molar-refractivity contribution < 1.29 is 0 Å². The van der Waals surface area contributed by atoms with E-state index in [2.05, 4.69) is 83.0 Å². The van der Waals surface area contributed by atoms with Gasteiger partial charge in [0.05, 0.1) is 12.2 Å². The monoisotopic (exact) mass is 442 g/mol. The average Bonchev–Trinajstić information content (AvgIpc) is 3.36. The fourth-order valence-electron chi connectivity index (χ4n) is 5.37. The number of aromatic nitrogens is 5. The summed E-state index contributed by atoms with van der Waals surface area (Å²) in [4.78, 5) is 15.2. The van der Waals surface area contributed by atoms with Crippen LogP contribution in [0.1, 0.15) is 66.9 Å². The van der Waals surface area contributed by atoms with Gasteiger partial charge in [-0.15, -0.1) is 0 Å². The molecule has 0 amide bonds. The van der Waals surface area contributed by atoms with E-state index >= 15 is 0 Å². The van der Waals surface area contributed by atoms with E-state index in [9.17, 15) is 0 Å². The van der Waals surface area contributed by atoms with Crippen molar-refractivity contribution >= 4 is 10.9 Å². The van der Waals surface area contributed by atoms with Gasteiger partial charge < -0.3 is 4.98 Å². The van der Waals surface area contributed by atoms with E-state index in [0.717, 1.165) is 36.8 Å². The third-order valence-electron chi connectivity index (χ3n) is 6.88. The summed E-state index contributed by atoms with van der Waals surface area (Å²) in [6.45, 7) is 11.8. The Morgan fingerprint density at radius 2 is 1.79 bits per heavy atom. The minimum atomic E-state index is 0.436. The molecule has 4 heterocycles. The number of hydrogen-bond donors (Lipinski definition) is 1. The minimum absolute atomic E-state index is 0.436. The summed E-state index contributed by atoms with van der Waals surface area (Å²) in [5.41, 5.74) is 8.70. The Morgan fingerprint density at radius 1 is 1.06 bits per heavy atom. The fraction of sp³-hybridized carbons (Fsp3) is 0.444. The van der Waals surface area contributed by atoms with Gasteiger partial charge in [-0.25, -0.2) is 4.98 Å². The number of benzene rings is 1. The lowest BCUT2D eigenvalue weighted by atomic mass is 9.87. The zero-order valence-corrected chi connectivity index (χ0v) is 20.4. The molecule has 1 saturated heterocycles. The first-order valence-corrected chi connectivity index (χ1v) is 12.1. The molecule has 4 aromatic rings. The number of hydrogen-bond acceptors (Lipinski definition) is 4. The molecule has 6 heteroatoms. The van der Waals surface area contributed by atoms with Crippen molar-refractivity contribution in [2.24, 2.45) is 7.05 Å². The molecule has 5 rings (SSSR count). The Hall–Kier alpha value is -2.99. The number of piperidine rings is 1. The summed E-state index contributed by atoms with van der Waals surface area (Å²) < 4.78 is 1.78. The lowest BCUT2D eigenvalue weighted by molar-refractivity contribution is 0.200. The number of rotatable bonds is 5. The molecule has 0 unspecified atom stereocenters. The first-order valence-electron chi connectivity index (χ1n) is 12.1. The molecule has 0 aliphatic carbocycles. The predicted molar refractivity (Wildman–Crippen MR) is 133 cm³/mol. The van der Waals surface area contributed by atoms with Crippen LogP contribution in [0.2, 0.25) is 0 Å². The minimum Gasteiger partial charge on any atom is -0.354 e. The summed E-state index contributed by atoms with van der Waals surface area (Å²) in [6.07, 6.45) is 4.13. The van der Waals surface area contributed by atoms with Gasteiger partial charge in [0.15, 0.2) is 5.82 Å². The molecule has 1 aromatic carbocycles. The van der Waals surface area contributed by atoms with Gasteiger partial charge in [0.2, 0.25) is 0 Å². The Bertz CT molecular complexity index is 1250. The molecule has 0 radical (unpaired) electrons. The Balaban J connectivity index is 1.41. The van der Waals surface area contributed by atoms with Crippen molar-refractivity contribution in [1.82, 2.24) is 29.6 Å². The topological polar surface area (TPSA) is 62.6 Å². The molecule has 3 aromatic heterocycles. The number of aromatic amines is 1. The molecule has 1 N–H and O–H groups in total. The van der Waals surface area contributed by atoms with Crippen molar-refractivity contribution in [3.05, 3.63) is 65.0 Å². The molecule has 0 bridgehead atoms. The molecular formula is C27H34N6. The molecule has 1 fully saturated rings. The van der Waals surface area contributed by atoms with E-state index in [-0.39, 0.29) is 0 Å². The number of nitrogens with one attached hydrogen (secondary N) is 1. The highest BCUT2D eigenvalue weighted by atomic mass is 15.3. The number of pyridine rings is 1. The van der Waals surface area contributed by atoms with Crippen LogP contribution in [0.15, 0.2) is 36.7 Å². The SMILES string of the molecule is Cc1cc(-c2[nH]c3ccc(C4CCN(Cc5ncn(C)n5)CC4)cc3c2C(C)C)cc(C)n1. The molecule has 33 heavy (non-hydrogen) atoms. The largest absolute Gasteiger partial charge is 0.354 e. The highest BCUT2D eigenvalue weighted by Crippen LogP contribution is 2.38. The van der Waals surface area contributed by atoms with Gasteiger partial charge in [-0.1, -0.05) is 19.9 Å². The molecule has 0 spiro atoms. The van der Waals surface area contributed by atoms with Gasteiger partial charge in [0.25, 0.3) is 0 Å². The van der Waals surface area contributed by atoms with Crippen molar-refractivity contribution in [3.8, 4) is 11.3 Å². The molecule has 6 nitrogen and oxygen atoms in total. The van der Waals surface area contributed by atoms with Gasteiger partial charge in [-0.05, 0) is 87.0 Å². The van der Waals surface area contributed by atoms with Gasteiger partial charge in [-0.3, -0.25) is 14.6 Å². The molecule has 172 valence electrons. The number of fused-ring (bicyclic) bond motifs is 1. The van der Waals surface area contributed by atoms with E-state index < -0.39 is 0 Å². The quantitative estimate of drug-likeness (QED) is 0.445. The maximum Gasteiger partial charge on any atom is 0.164 e. The molecule has 0 atom stereocenters. The lowest BCUT2D eigenvalue weighted by Gasteiger charge is -2.31. The Labute approximate surface area is 196 Å². The highest BCUT2D eigenvalue weighted by Gasteiger charge is 2.23. The third-order valence-corrected chi connectivity index (χ3v) is 6.88. The second kappa shape index (κ2) is 8.75. The smallest absolute Gasteiger partial charge is 0.164 e. The van der Waals surface area contributed by atoms with Crippen molar-refractivity contribution in [3.63, 3.8) is 0 Å². The van der Waals surface area contributed by atoms with Gasteiger partial charge in [0.1, 0.15) is 6.33 Å². The van der Waals surface area contributed by atoms with E-state index in [0.29, 0.717) is 11.8 Å². The fourth-order valence-corrected chi connectivity index (χ4v) is 5.37. The van der Waals surface area contributed by atoms with Crippen LogP contribution in [0.4, 0.5) is 0 Å². The standard InChI is InChI=1S/C27H34N6/c1-17(2)26-23-14-21(20-8-10-33(11-9-20)15-25-28-16-32(5)31-25)6-7-24(23)30-27(26)22-12-18(3)29-19(4)13-22/h6-7,12-14,16-17,20,30H,8-11,15H2,1-5H3. The van der Waals surface area contributed by atoms with Crippen LogP contribution < -0.4 is 0 Å². The van der Waals surface area contributed by atoms with Crippen molar-refractivity contribution in [2.75, 3.05) is 13.1 Å². The second-order valence-electron chi connectivity index (χ2n) is 9.90. The van der Waals surface area contributed by atoms with Crippen LogP contribution in [-0.4, -0.2) is 42.7 Å². The van der Waals surface area contributed by atoms with Crippen LogP contribution in [0.25, 0.3) is 22.2 Å². The zero-order chi connectivity index (χ0) is 23.1. The molecular weight excluding hydrogens is 408 g/mol. The Morgan fingerprint density at radius 3 is 2.42 bits per heavy atom. The van der Waals surface area contributed by atoms with Gasteiger partial charge in [-0.2, -0.15) is 5.10 Å². The van der Waals surface area contributed by atoms with Gasteiger partial charge in [0, 0.05) is 34.9 Å². The first-order chi connectivity index (χ1) is 15.9. The summed E-state index contributed by atoms with van der Waals surface area (Å²) >= 11 is 0. The zero-order valence-electron chi connectivity index (χ0n) is 20.4. The van der Waals surface area contributed by atoms with E-state index in [4.69, 9.17) is 0 Å². The van der Waals surface area contributed by atoms with Crippen LogP contribution in [0, 0.1) is 13.8 Å². The molecule has 1 aliphatic heterocycles. The molecule has 1 aliphatic rings. The number of likely N-dealkylation sites (tertiary alicyclic amines) is 1. The second-order valence-corrected chi connectivity index (χ2v) is 9.90. The van der Waals surface area contributed by atoms with Crippen molar-refractivity contribution in [1.29, 1.82) is 0 Å². The summed E-state index contributed by atoms with van der Waals surface area (Å²) in [5, 5.41) is 5.80. The van der Waals surface area contributed by atoms with Crippen LogP contribution in [-0.2, 0) is 13.6 Å². The van der Waals surface area contributed by atoms with Crippen LogP contribution >= 0.6 is 0 Å². The lowest BCUT2D eigenvalue weighted by Crippen LogP contribution is -2.32. The first kappa shape index (κ1) is 21.8. The number of aryl methyl sites for hydroxylation is 3. The highest BCUT2D eigenvalue weighted by molar-refractivity contribution is 5.92. The van der Waals surface area contributed by atoms with E-state index in [1.807, 2.05) is 7.05 Å². The summed E-state index contributed by atoms with van der Waals surface area (Å²) in [7, 11) is 1.92. The maximum atomic E-state index is 4.57. The maximum absolute atomic E-state index is 4.57. The van der Waals surface area contributed by atoms with Crippen molar-refractivity contribution in [2.45, 2.75) is 58.9 Å². The van der Waals surface area contributed by atoms with Gasteiger partial charge >= 0.3 is 0 Å². The average molecular weight is 443 g/mol. The summed E-state index contributed by atoms with van der Waals surface area (Å²) in [6, 6.07) is 11.4. The molecule has 0 saturated carbocycles. The summed E-state index contributed by atoms with van der Waals surface area (Å²) in [5.74, 6) is 1.96. The predicted octanol–water partition coefficient (Wildman–Crippen LogP) is 5.48. The normalized spacial score (nSPS) is 15.7. The van der Waals surface area contributed by atoms with Crippen LogP contribution in [0.5, 0.6) is 0 Å². The number of H-pyrrole nitrogens is 1. The Kier molecular flexibility index (Phi) is 5.79. The van der Waals surface area contributed by atoms with Crippen LogP contribution in [0.3, 0.4) is 0 Å². The van der Waals surface area contributed by atoms with E-state index in [1.54, 1.807) is 11.0 Å². The number of nitrogens with zero attached hydrogens (tertiary/aromatic N) is 5. The third kappa shape index (κ3) is 4.44. The van der Waals surface area contributed by atoms with E-state index in [1.165, 1.54) is 46.1 Å².